The molecular formula is C15H19FN4O. The van der Waals surface area contributed by atoms with Crippen molar-refractivity contribution in [2.24, 2.45) is 5.73 Å². The van der Waals surface area contributed by atoms with Gasteiger partial charge in [-0.05, 0) is 44.0 Å². The van der Waals surface area contributed by atoms with E-state index in [0.717, 1.165) is 5.56 Å². The van der Waals surface area contributed by atoms with Crippen molar-refractivity contribution in [3.8, 4) is 5.69 Å². The zero-order valence-corrected chi connectivity index (χ0v) is 12.1. The van der Waals surface area contributed by atoms with Crippen molar-refractivity contribution in [2.75, 3.05) is 5.32 Å². The molecule has 6 heteroatoms. The van der Waals surface area contributed by atoms with Crippen LogP contribution in [0.25, 0.3) is 5.69 Å². The third-order valence-corrected chi connectivity index (χ3v) is 3.02. The van der Waals surface area contributed by atoms with Crippen molar-refractivity contribution < 1.29 is 9.18 Å². The fourth-order valence-electron chi connectivity index (χ4n) is 1.90. The molecule has 0 bridgehead atoms. The van der Waals surface area contributed by atoms with E-state index in [1.807, 2.05) is 13.8 Å². The number of hydrogen-bond donors (Lipinski definition) is 2. The predicted molar refractivity (Wildman–Crippen MR) is 79.8 cm³/mol. The first kappa shape index (κ1) is 15.2. The van der Waals surface area contributed by atoms with E-state index in [4.69, 9.17) is 5.73 Å². The minimum atomic E-state index is -0.442. The van der Waals surface area contributed by atoms with E-state index in [-0.39, 0.29) is 11.9 Å². The van der Waals surface area contributed by atoms with Gasteiger partial charge in [0.05, 0.1) is 6.20 Å². The molecule has 0 aliphatic rings. The maximum absolute atomic E-state index is 14.1. The Labute approximate surface area is 123 Å². The molecule has 1 aromatic carbocycles. The summed E-state index contributed by atoms with van der Waals surface area (Å²) in [6, 6.07) is 4.50. The molecule has 21 heavy (non-hydrogen) atoms. The molecule has 0 fully saturated rings. The Morgan fingerprint density at radius 1 is 1.52 bits per heavy atom. The lowest BCUT2D eigenvalue weighted by molar-refractivity contribution is -0.116. The molecule has 0 saturated heterocycles. The van der Waals surface area contributed by atoms with Gasteiger partial charge in [-0.25, -0.2) is 9.07 Å². The Hall–Kier alpha value is -2.21. The standard InChI is InChI=1S/C15H19FN4O/c1-10-8-18-20(9-10)14-5-4-12(7-13(14)16)19-15(21)6-3-11(2)17/h4-5,7-9,11H,3,6,17H2,1-2H3,(H,19,21). The van der Waals surface area contributed by atoms with Crippen molar-refractivity contribution in [1.29, 1.82) is 0 Å². The monoisotopic (exact) mass is 290 g/mol. The van der Waals surface area contributed by atoms with Crippen LogP contribution in [-0.4, -0.2) is 21.7 Å². The van der Waals surface area contributed by atoms with Crippen LogP contribution in [0, 0.1) is 12.7 Å². The Morgan fingerprint density at radius 2 is 2.29 bits per heavy atom. The minimum Gasteiger partial charge on any atom is -0.328 e. The number of benzene rings is 1. The van der Waals surface area contributed by atoms with Crippen LogP contribution in [0.5, 0.6) is 0 Å². The quantitative estimate of drug-likeness (QED) is 0.888. The number of aromatic nitrogens is 2. The number of nitrogens with two attached hydrogens (primary N) is 1. The number of carbonyl (C=O) groups is 1. The largest absolute Gasteiger partial charge is 0.328 e. The number of hydrogen-bond acceptors (Lipinski definition) is 3. The van der Waals surface area contributed by atoms with Gasteiger partial charge < -0.3 is 11.1 Å². The average Bonchev–Trinajstić information content (AvgIpc) is 2.83. The van der Waals surface area contributed by atoms with Gasteiger partial charge in [0.15, 0.2) is 5.82 Å². The van der Waals surface area contributed by atoms with Gasteiger partial charge in [0.25, 0.3) is 0 Å². The summed E-state index contributed by atoms with van der Waals surface area (Å²) in [5.74, 6) is -0.613. The molecule has 0 radical (unpaired) electrons. The second kappa shape index (κ2) is 6.49. The molecule has 3 N–H and O–H groups in total. The average molecular weight is 290 g/mol. The summed E-state index contributed by atoms with van der Waals surface area (Å²) in [4.78, 5) is 11.7. The van der Waals surface area contributed by atoms with E-state index in [9.17, 15) is 9.18 Å². The van der Waals surface area contributed by atoms with Gasteiger partial charge in [-0.15, -0.1) is 0 Å². The fourth-order valence-corrected chi connectivity index (χ4v) is 1.90. The van der Waals surface area contributed by atoms with Crippen LogP contribution in [0.15, 0.2) is 30.6 Å². The number of carbonyl (C=O) groups excluding carboxylic acids is 1. The first-order valence-corrected chi connectivity index (χ1v) is 6.82. The fraction of sp³-hybridized carbons (Fsp3) is 0.333. The van der Waals surface area contributed by atoms with Gasteiger partial charge in [-0.2, -0.15) is 5.10 Å². The van der Waals surface area contributed by atoms with Crippen molar-refractivity contribution in [3.05, 3.63) is 42.0 Å². The van der Waals surface area contributed by atoms with E-state index in [2.05, 4.69) is 10.4 Å². The summed E-state index contributed by atoms with van der Waals surface area (Å²) in [6.07, 6.45) is 4.31. The highest BCUT2D eigenvalue weighted by atomic mass is 19.1. The summed E-state index contributed by atoms with van der Waals surface area (Å²) in [7, 11) is 0. The van der Waals surface area contributed by atoms with E-state index in [1.54, 1.807) is 24.5 Å². The lowest BCUT2D eigenvalue weighted by Gasteiger charge is -2.09. The molecule has 0 aliphatic heterocycles. The van der Waals surface area contributed by atoms with Gasteiger partial charge >= 0.3 is 0 Å². The lowest BCUT2D eigenvalue weighted by Crippen LogP contribution is -2.19. The van der Waals surface area contributed by atoms with Crippen molar-refractivity contribution in [3.63, 3.8) is 0 Å². The smallest absolute Gasteiger partial charge is 0.224 e. The Kier molecular flexibility index (Phi) is 4.70. The second-order valence-electron chi connectivity index (χ2n) is 5.19. The molecule has 1 heterocycles. The zero-order chi connectivity index (χ0) is 15.4. The number of nitrogens with one attached hydrogen (secondary N) is 1. The molecule has 1 atom stereocenters. The van der Waals surface area contributed by atoms with E-state index in [1.165, 1.54) is 10.7 Å². The third-order valence-electron chi connectivity index (χ3n) is 3.02. The molecule has 0 saturated carbocycles. The van der Waals surface area contributed by atoms with Crippen LogP contribution in [0.1, 0.15) is 25.3 Å². The SMILES string of the molecule is Cc1cnn(-c2ccc(NC(=O)CCC(C)N)cc2F)c1. The lowest BCUT2D eigenvalue weighted by atomic mass is 10.2. The summed E-state index contributed by atoms with van der Waals surface area (Å²) in [5, 5.41) is 6.72. The van der Waals surface area contributed by atoms with E-state index >= 15 is 0 Å². The summed E-state index contributed by atoms with van der Waals surface area (Å²) < 4.78 is 15.5. The van der Waals surface area contributed by atoms with Crippen LogP contribution in [0.4, 0.5) is 10.1 Å². The molecule has 2 aromatic rings. The Bertz CT molecular complexity index is 636. The topological polar surface area (TPSA) is 72.9 Å². The van der Waals surface area contributed by atoms with Gasteiger partial charge in [0.1, 0.15) is 5.69 Å². The molecule has 1 unspecified atom stereocenters. The highest BCUT2D eigenvalue weighted by Gasteiger charge is 2.09. The van der Waals surface area contributed by atoms with Crippen molar-refractivity contribution >= 4 is 11.6 Å². The number of amides is 1. The van der Waals surface area contributed by atoms with Crippen LogP contribution >= 0.6 is 0 Å². The normalized spacial score (nSPS) is 12.2. The van der Waals surface area contributed by atoms with Gasteiger partial charge in [0.2, 0.25) is 5.91 Å². The zero-order valence-electron chi connectivity index (χ0n) is 12.1. The van der Waals surface area contributed by atoms with Gasteiger partial charge in [-0.3, -0.25) is 4.79 Å². The number of nitrogens with zero attached hydrogens (tertiary/aromatic N) is 2. The number of rotatable bonds is 5. The molecular weight excluding hydrogens is 271 g/mol. The third kappa shape index (κ3) is 4.13. The molecule has 5 nitrogen and oxygen atoms in total. The maximum Gasteiger partial charge on any atom is 0.224 e. The number of halogens is 1. The number of aryl methyl sites for hydroxylation is 1. The molecule has 1 amide bonds. The number of anilines is 1. The Balaban J connectivity index is 2.07. The van der Waals surface area contributed by atoms with E-state index < -0.39 is 5.82 Å². The van der Waals surface area contributed by atoms with Crippen LogP contribution in [0.2, 0.25) is 0 Å². The first-order chi connectivity index (χ1) is 9.95. The maximum atomic E-state index is 14.1. The van der Waals surface area contributed by atoms with Gasteiger partial charge in [-0.1, -0.05) is 0 Å². The highest BCUT2D eigenvalue weighted by Crippen LogP contribution is 2.18. The summed E-state index contributed by atoms with van der Waals surface area (Å²) >= 11 is 0. The highest BCUT2D eigenvalue weighted by molar-refractivity contribution is 5.90. The molecule has 2 rings (SSSR count). The van der Waals surface area contributed by atoms with E-state index in [0.29, 0.717) is 24.2 Å². The molecule has 1 aromatic heterocycles. The van der Waals surface area contributed by atoms with Crippen LogP contribution in [-0.2, 0) is 4.79 Å². The summed E-state index contributed by atoms with van der Waals surface area (Å²) in [5.41, 5.74) is 7.31. The summed E-state index contributed by atoms with van der Waals surface area (Å²) in [6.45, 7) is 3.72. The second-order valence-corrected chi connectivity index (χ2v) is 5.19. The van der Waals surface area contributed by atoms with Crippen molar-refractivity contribution in [2.45, 2.75) is 32.7 Å². The Morgan fingerprint density at radius 3 is 2.86 bits per heavy atom. The molecule has 0 spiro atoms. The first-order valence-electron chi connectivity index (χ1n) is 6.82. The minimum absolute atomic E-state index is 0.0297. The molecule has 0 aliphatic carbocycles. The molecule has 112 valence electrons. The van der Waals surface area contributed by atoms with Gasteiger partial charge in [0, 0.05) is 24.3 Å². The predicted octanol–water partition coefficient (Wildman–Crippen LogP) is 2.39. The van der Waals surface area contributed by atoms with Crippen LogP contribution in [0.3, 0.4) is 0 Å². The van der Waals surface area contributed by atoms with Crippen LogP contribution < -0.4 is 11.1 Å². The van der Waals surface area contributed by atoms with Crippen molar-refractivity contribution in [1.82, 2.24) is 9.78 Å².